The molecule has 1 aromatic rings. The van der Waals surface area contributed by atoms with E-state index in [4.69, 9.17) is 5.11 Å². The van der Waals surface area contributed by atoms with Crippen molar-refractivity contribution in [3.8, 4) is 0 Å². The van der Waals surface area contributed by atoms with Gasteiger partial charge in [0, 0.05) is 12.5 Å². The number of nitrogens with zero attached hydrogens (tertiary/aromatic N) is 3. The highest BCUT2D eigenvalue weighted by Crippen LogP contribution is 2.41. The zero-order valence-corrected chi connectivity index (χ0v) is 9.68. The van der Waals surface area contributed by atoms with E-state index in [9.17, 15) is 4.79 Å². The van der Waals surface area contributed by atoms with Crippen LogP contribution >= 0.6 is 0 Å². The summed E-state index contributed by atoms with van der Waals surface area (Å²) in [5.74, 6) is -0.450. The lowest BCUT2D eigenvalue weighted by atomic mass is 10.2. The molecule has 0 unspecified atom stereocenters. The van der Waals surface area contributed by atoms with Crippen molar-refractivity contribution in [2.45, 2.75) is 25.3 Å². The van der Waals surface area contributed by atoms with Gasteiger partial charge in [0.1, 0.15) is 5.56 Å². The van der Waals surface area contributed by atoms with Crippen LogP contribution in [0.3, 0.4) is 0 Å². The summed E-state index contributed by atoms with van der Waals surface area (Å²) in [6.45, 7) is 1.63. The predicted molar refractivity (Wildman–Crippen MR) is 59.7 cm³/mol. The minimum Gasteiger partial charge on any atom is -0.478 e. The van der Waals surface area contributed by atoms with Crippen molar-refractivity contribution in [2.75, 3.05) is 20.6 Å². The quantitative estimate of drug-likeness (QED) is 0.809. The maximum Gasteiger partial charge on any atom is 0.339 e. The number of rotatable bonds is 5. The number of aromatic carboxylic acids is 1. The van der Waals surface area contributed by atoms with Crippen LogP contribution in [0.25, 0.3) is 0 Å². The topological polar surface area (TPSA) is 58.4 Å². The van der Waals surface area contributed by atoms with Gasteiger partial charge in [-0.3, -0.25) is 4.68 Å². The van der Waals surface area contributed by atoms with Crippen molar-refractivity contribution in [1.29, 1.82) is 0 Å². The maximum atomic E-state index is 11.0. The van der Waals surface area contributed by atoms with Gasteiger partial charge >= 0.3 is 5.97 Å². The number of carboxylic acid groups (broad SMARTS) is 1. The first-order chi connectivity index (χ1) is 7.59. The molecule has 0 saturated heterocycles. The van der Waals surface area contributed by atoms with Crippen LogP contribution in [0.5, 0.6) is 0 Å². The third kappa shape index (κ3) is 2.24. The van der Waals surface area contributed by atoms with Gasteiger partial charge in [-0.15, -0.1) is 0 Å². The van der Waals surface area contributed by atoms with Crippen LogP contribution in [0.4, 0.5) is 0 Å². The molecule has 16 heavy (non-hydrogen) atoms. The predicted octanol–water partition coefficient (Wildman–Crippen LogP) is 1.02. The van der Waals surface area contributed by atoms with E-state index in [1.807, 2.05) is 18.8 Å². The maximum absolute atomic E-state index is 11.0. The summed E-state index contributed by atoms with van der Waals surface area (Å²) in [4.78, 5) is 13.1. The number of carboxylic acids is 1. The molecular formula is C11H17N3O2. The van der Waals surface area contributed by atoms with Crippen LogP contribution in [-0.2, 0) is 6.54 Å². The minimum atomic E-state index is -0.863. The zero-order chi connectivity index (χ0) is 11.7. The first-order valence-electron chi connectivity index (χ1n) is 5.53. The average Bonchev–Trinajstić information content (AvgIpc) is 2.95. The summed E-state index contributed by atoms with van der Waals surface area (Å²) in [6, 6.07) is 0. The summed E-state index contributed by atoms with van der Waals surface area (Å²) in [6.07, 6.45) is 3.66. The second-order valence-corrected chi connectivity index (χ2v) is 4.55. The monoisotopic (exact) mass is 223 g/mol. The van der Waals surface area contributed by atoms with E-state index in [2.05, 4.69) is 10.00 Å². The Morgan fingerprint density at radius 3 is 2.81 bits per heavy atom. The molecule has 1 saturated carbocycles. The normalized spacial score (nSPS) is 15.7. The number of carbonyl (C=O) groups is 1. The average molecular weight is 223 g/mol. The molecule has 1 aliphatic rings. The van der Waals surface area contributed by atoms with Crippen LogP contribution in [-0.4, -0.2) is 46.4 Å². The highest BCUT2D eigenvalue weighted by atomic mass is 16.4. The first kappa shape index (κ1) is 11.1. The molecule has 0 amide bonds. The van der Waals surface area contributed by atoms with Gasteiger partial charge in [-0.05, 0) is 26.9 Å². The summed E-state index contributed by atoms with van der Waals surface area (Å²) in [5.41, 5.74) is 1.29. The number of hydrogen-bond donors (Lipinski definition) is 1. The van der Waals surface area contributed by atoms with Crippen molar-refractivity contribution in [1.82, 2.24) is 14.7 Å². The molecule has 1 heterocycles. The Morgan fingerprint density at radius 1 is 1.62 bits per heavy atom. The van der Waals surface area contributed by atoms with Crippen molar-refractivity contribution < 1.29 is 9.90 Å². The highest BCUT2D eigenvalue weighted by molar-refractivity contribution is 5.89. The molecule has 88 valence electrons. The summed E-state index contributed by atoms with van der Waals surface area (Å²) < 4.78 is 1.85. The van der Waals surface area contributed by atoms with Gasteiger partial charge in [0.2, 0.25) is 0 Å². The molecule has 1 aromatic heterocycles. The lowest BCUT2D eigenvalue weighted by Gasteiger charge is -2.11. The van der Waals surface area contributed by atoms with Gasteiger partial charge in [0.25, 0.3) is 0 Å². The molecule has 0 aromatic carbocycles. The van der Waals surface area contributed by atoms with Crippen LogP contribution in [0.2, 0.25) is 0 Å². The van der Waals surface area contributed by atoms with Crippen LogP contribution in [0.15, 0.2) is 6.20 Å². The Balaban J connectivity index is 2.20. The van der Waals surface area contributed by atoms with E-state index >= 15 is 0 Å². The first-order valence-corrected chi connectivity index (χ1v) is 5.53. The highest BCUT2D eigenvalue weighted by Gasteiger charge is 2.32. The summed E-state index contributed by atoms with van der Waals surface area (Å²) >= 11 is 0. The third-order valence-electron chi connectivity index (χ3n) is 2.83. The molecule has 1 aliphatic carbocycles. The van der Waals surface area contributed by atoms with Crippen molar-refractivity contribution in [3.63, 3.8) is 0 Å². The van der Waals surface area contributed by atoms with Gasteiger partial charge in [-0.25, -0.2) is 4.79 Å². The van der Waals surface area contributed by atoms with E-state index in [1.165, 1.54) is 6.20 Å². The second kappa shape index (κ2) is 4.25. The van der Waals surface area contributed by atoms with Crippen molar-refractivity contribution in [3.05, 3.63) is 17.5 Å². The van der Waals surface area contributed by atoms with E-state index in [0.29, 0.717) is 11.5 Å². The molecule has 0 spiro atoms. The van der Waals surface area contributed by atoms with E-state index in [1.54, 1.807) is 0 Å². The Hall–Kier alpha value is -1.36. The lowest BCUT2D eigenvalue weighted by molar-refractivity contribution is 0.0695. The molecule has 0 radical (unpaired) electrons. The molecule has 0 aliphatic heterocycles. The van der Waals surface area contributed by atoms with Gasteiger partial charge in [0.15, 0.2) is 0 Å². The summed E-state index contributed by atoms with van der Waals surface area (Å²) in [5, 5.41) is 13.2. The van der Waals surface area contributed by atoms with E-state index in [-0.39, 0.29) is 0 Å². The minimum absolute atomic E-state index is 0.376. The Labute approximate surface area is 94.7 Å². The van der Waals surface area contributed by atoms with Gasteiger partial charge in [0.05, 0.1) is 18.4 Å². The standard InChI is InChI=1S/C11H17N3O2/c1-13(2)5-6-14-10(8-3-4-8)9(7-12-14)11(15)16/h7-8H,3-6H2,1-2H3,(H,15,16). The van der Waals surface area contributed by atoms with Gasteiger partial charge in [-0.2, -0.15) is 5.10 Å². The lowest BCUT2D eigenvalue weighted by Crippen LogP contribution is -2.20. The van der Waals surface area contributed by atoms with E-state index in [0.717, 1.165) is 31.6 Å². The smallest absolute Gasteiger partial charge is 0.339 e. The molecule has 0 bridgehead atoms. The third-order valence-corrected chi connectivity index (χ3v) is 2.83. The van der Waals surface area contributed by atoms with E-state index < -0.39 is 5.97 Å². The van der Waals surface area contributed by atoms with Gasteiger partial charge < -0.3 is 10.0 Å². The Kier molecular flexibility index (Phi) is 2.96. The van der Waals surface area contributed by atoms with Crippen LogP contribution in [0.1, 0.15) is 34.8 Å². The number of hydrogen-bond acceptors (Lipinski definition) is 3. The van der Waals surface area contributed by atoms with Gasteiger partial charge in [-0.1, -0.05) is 0 Å². The fourth-order valence-electron chi connectivity index (χ4n) is 1.82. The fourth-order valence-corrected chi connectivity index (χ4v) is 1.82. The summed E-state index contributed by atoms with van der Waals surface area (Å²) in [7, 11) is 4.00. The number of likely N-dealkylation sites (N-methyl/N-ethyl adjacent to an activating group) is 1. The molecule has 5 heteroatoms. The van der Waals surface area contributed by atoms with Crippen LogP contribution < -0.4 is 0 Å². The number of aromatic nitrogens is 2. The fraction of sp³-hybridized carbons (Fsp3) is 0.636. The Bertz CT molecular complexity index is 394. The molecule has 5 nitrogen and oxygen atoms in total. The molecular weight excluding hydrogens is 206 g/mol. The molecule has 1 fully saturated rings. The van der Waals surface area contributed by atoms with Crippen molar-refractivity contribution >= 4 is 5.97 Å². The van der Waals surface area contributed by atoms with Crippen molar-refractivity contribution in [2.24, 2.45) is 0 Å². The second-order valence-electron chi connectivity index (χ2n) is 4.55. The largest absolute Gasteiger partial charge is 0.478 e. The van der Waals surface area contributed by atoms with Crippen LogP contribution in [0, 0.1) is 0 Å². The molecule has 0 atom stereocenters. The molecule has 2 rings (SSSR count). The molecule has 1 N–H and O–H groups in total. The Morgan fingerprint density at radius 2 is 2.31 bits per heavy atom. The SMILES string of the molecule is CN(C)CCn1ncc(C(=O)O)c1C1CC1. The zero-order valence-electron chi connectivity index (χ0n) is 9.68.